The van der Waals surface area contributed by atoms with Crippen molar-refractivity contribution in [3.8, 4) is 6.01 Å². The van der Waals surface area contributed by atoms with E-state index in [0.717, 1.165) is 38.2 Å². The summed E-state index contributed by atoms with van der Waals surface area (Å²) in [5, 5.41) is 2.79. The maximum absolute atomic E-state index is 12.5. The summed E-state index contributed by atoms with van der Waals surface area (Å²) in [5.41, 5.74) is -1.10. The Morgan fingerprint density at radius 2 is 2.14 bits per heavy atom. The quantitative estimate of drug-likeness (QED) is 0.900. The third-order valence-corrected chi connectivity index (χ3v) is 3.34. The van der Waals surface area contributed by atoms with Crippen molar-refractivity contribution in [3.05, 3.63) is 18.0 Å². The number of alkyl halides is 3. The molecule has 0 saturated carbocycles. The van der Waals surface area contributed by atoms with Gasteiger partial charge < -0.3 is 15.0 Å². The lowest BCUT2D eigenvalue weighted by atomic mass is 10.1. The van der Waals surface area contributed by atoms with E-state index in [9.17, 15) is 18.0 Å². The summed E-state index contributed by atoms with van der Waals surface area (Å²) >= 11 is 0. The maximum Gasteiger partial charge on any atom is 0.433 e. The van der Waals surface area contributed by atoms with Gasteiger partial charge in [0.15, 0.2) is 12.3 Å². The van der Waals surface area contributed by atoms with Gasteiger partial charge in [0.05, 0.1) is 0 Å². The molecule has 22 heavy (non-hydrogen) atoms. The predicted octanol–water partition coefficient (Wildman–Crippen LogP) is 1.08. The third kappa shape index (κ3) is 4.83. The van der Waals surface area contributed by atoms with Gasteiger partial charge in [-0.2, -0.15) is 18.2 Å². The van der Waals surface area contributed by atoms with Crippen LogP contribution in [0.2, 0.25) is 0 Å². The van der Waals surface area contributed by atoms with Crippen molar-refractivity contribution in [1.82, 2.24) is 20.2 Å². The van der Waals surface area contributed by atoms with Crippen LogP contribution < -0.4 is 10.1 Å². The van der Waals surface area contributed by atoms with Crippen LogP contribution in [0.1, 0.15) is 18.5 Å². The average molecular weight is 318 g/mol. The molecule has 1 fully saturated rings. The number of rotatable bonds is 4. The highest BCUT2D eigenvalue weighted by Crippen LogP contribution is 2.27. The average Bonchev–Trinajstić information content (AvgIpc) is 2.47. The van der Waals surface area contributed by atoms with Gasteiger partial charge in [-0.1, -0.05) is 0 Å². The van der Waals surface area contributed by atoms with Crippen molar-refractivity contribution < 1.29 is 22.7 Å². The standard InChI is InChI=1S/C13H17F3N4O2/c1-20-6-3-9(4-7-20)18-11(21)8-22-12-17-5-2-10(19-12)13(14,15)16/h2,5,9H,3-4,6-8H2,1H3,(H,18,21). The summed E-state index contributed by atoms with van der Waals surface area (Å²) in [7, 11) is 2.01. The van der Waals surface area contributed by atoms with Gasteiger partial charge in [-0.05, 0) is 39.0 Å². The number of amides is 1. The van der Waals surface area contributed by atoms with Crippen LogP contribution in [0.3, 0.4) is 0 Å². The number of ether oxygens (including phenoxy) is 1. The van der Waals surface area contributed by atoms with Crippen molar-refractivity contribution in [2.24, 2.45) is 0 Å². The van der Waals surface area contributed by atoms with Crippen LogP contribution in [-0.2, 0) is 11.0 Å². The Morgan fingerprint density at radius 1 is 1.45 bits per heavy atom. The van der Waals surface area contributed by atoms with Gasteiger partial charge >= 0.3 is 12.2 Å². The van der Waals surface area contributed by atoms with Gasteiger partial charge in [0.2, 0.25) is 0 Å². The van der Waals surface area contributed by atoms with E-state index in [1.807, 2.05) is 7.05 Å². The van der Waals surface area contributed by atoms with Gasteiger partial charge in [0, 0.05) is 12.2 Å². The molecule has 122 valence electrons. The van der Waals surface area contributed by atoms with Gasteiger partial charge in [-0.3, -0.25) is 4.79 Å². The Labute approximate surface area is 125 Å². The molecule has 0 bridgehead atoms. The second kappa shape index (κ2) is 6.91. The number of aromatic nitrogens is 2. The van der Waals surface area contributed by atoms with Crippen LogP contribution in [0.25, 0.3) is 0 Å². The van der Waals surface area contributed by atoms with E-state index in [2.05, 4.69) is 20.2 Å². The molecule has 1 aliphatic rings. The van der Waals surface area contributed by atoms with Gasteiger partial charge in [-0.15, -0.1) is 0 Å². The summed E-state index contributed by atoms with van der Waals surface area (Å²) in [5.74, 6) is -0.393. The molecule has 0 spiro atoms. The lowest BCUT2D eigenvalue weighted by Gasteiger charge is -2.29. The van der Waals surface area contributed by atoms with Crippen LogP contribution in [0, 0.1) is 0 Å². The monoisotopic (exact) mass is 318 g/mol. The van der Waals surface area contributed by atoms with E-state index in [1.54, 1.807) is 0 Å². The Kier molecular flexibility index (Phi) is 5.17. The highest BCUT2D eigenvalue weighted by atomic mass is 19.4. The molecule has 1 N–H and O–H groups in total. The number of hydrogen-bond acceptors (Lipinski definition) is 5. The third-order valence-electron chi connectivity index (χ3n) is 3.34. The number of carbonyl (C=O) groups is 1. The first-order valence-electron chi connectivity index (χ1n) is 6.85. The summed E-state index contributed by atoms with van der Waals surface area (Å²) in [4.78, 5) is 20.7. The number of hydrogen-bond donors (Lipinski definition) is 1. The number of halogens is 3. The van der Waals surface area contributed by atoms with Crippen molar-refractivity contribution in [2.45, 2.75) is 25.1 Å². The van der Waals surface area contributed by atoms with Crippen LogP contribution >= 0.6 is 0 Å². The van der Waals surface area contributed by atoms with Crippen LogP contribution in [0.5, 0.6) is 6.01 Å². The molecule has 1 aromatic heterocycles. The first kappa shape index (κ1) is 16.5. The molecule has 1 aliphatic heterocycles. The lowest BCUT2D eigenvalue weighted by Crippen LogP contribution is -2.44. The first-order chi connectivity index (χ1) is 10.3. The Balaban J connectivity index is 1.81. The molecule has 0 aliphatic carbocycles. The van der Waals surface area contributed by atoms with E-state index >= 15 is 0 Å². The molecule has 1 saturated heterocycles. The fourth-order valence-corrected chi connectivity index (χ4v) is 2.12. The number of likely N-dealkylation sites (tertiary alicyclic amines) is 1. The zero-order valence-corrected chi connectivity index (χ0v) is 12.1. The smallest absolute Gasteiger partial charge is 0.433 e. The van der Waals surface area contributed by atoms with Gasteiger partial charge in [-0.25, -0.2) is 4.98 Å². The van der Waals surface area contributed by atoms with E-state index < -0.39 is 30.4 Å². The molecule has 2 rings (SSSR count). The first-order valence-corrected chi connectivity index (χ1v) is 6.85. The highest BCUT2D eigenvalue weighted by Gasteiger charge is 2.33. The Bertz CT molecular complexity index is 516. The van der Waals surface area contributed by atoms with E-state index in [4.69, 9.17) is 4.74 Å². The fourth-order valence-electron chi connectivity index (χ4n) is 2.12. The largest absolute Gasteiger partial charge is 0.453 e. The molecule has 0 radical (unpaired) electrons. The minimum absolute atomic E-state index is 0.0646. The molecular weight excluding hydrogens is 301 g/mol. The second-order valence-corrected chi connectivity index (χ2v) is 5.16. The van der Waals surface area contributed by atoms with Gasteiger partial charge in [0.1, 0.15) is 0 Å². The molecule has 0 unspecified atom stereocenters. The minimum Gasteiger partial charge on any atom is -0.453 e. The van der Waals surface area contributed by atoms with Gasteiger partial charge in [0.25, 0.3) is 5.91 Å². The summed E-state index contributed by atoms with van der Waals surface area (Å²) in [6.07, 6.45) is -1.96. The molecule has 0 aromatic carbocycles. The van der Waals surface area contributed by atoms with Crippen molar-refractivity contribution >= 4 is 5.91 Å². The zero-order chi connectivity index (χ0) is 16.2. The van der Waals surface area contributed by atoms with Crippen LogP contribution in [-0.4, -0.2) is 53.6 Å². The maximum atomic E-state index is 12.5. The Hall–Kier alpha value is -1.90. The molecule has 1 amide bonds. The highest BCUT2D eigenvalue weighted by molar-refractivity contribution is 5.77. The van der Waals surface area contributed by atoms with Crippen LogP contribution in [0.4, 0.5) is 13.2 Å². The molecule has 2 heterocycles. The Morgan fingerprint density at radius 3 is 2.77 bits per heavy atom. The molecule has 9 heteroatoms. The van der Waals surface area contributed by atoms with Crippen molar-refractivity contribution in [1.29, 1.82) is 0 Å². The number of carbonyl (C=O) groups excluding carboxylic acids is 1. The SMILES string of the molecule is CN1CCC(NC(=O)COc2nccc(C(F)(F)F)n2)CC1. The zero-order valence-electron chi connectivity index (χ0n) is 12.1. The molecule has 6 nitrogen and oxygen atoms in total. The van der Waals surface area contributed by atoms with E-state index in [-0.39, 0.29) is 6.04 Å². The summed E-state index contributed by atoms with van der Waals surface area (Å²) < 4.78 is 42.4. The normalized spacial score (nSPS) is 17.3. The van der Waals surface area contributed by atoms with Crippen LogP contribution in [0.15, 0.2) is 12.3 Å². The minimum atomic E-state index is -4.57. The number of nitrogens with one attached hydrogen (secondary N) is 1. The molecular formula is C13H17F3N4O2. The van der Waals surface area contributed by atoms with E-state index in [1.165, 1.54) is 0 Å². The van der Waals surface area contributed by atoms with Crippen molar-refractivity contribution in [2.75, 3.05) is 26.7 Å². The lowest BCUT2D eigenvalue weighted by molar-refractivity contribution is -0.141. The van der Waals surface area contributed by atoms with Crippen molar-refractivity contribution in [3.63, 3.8) is 0 Å². The summed E-state index contributed by atoms with van der Waals surface area (Å²) in [6, 6.07) is 0.342. The topological polar surface area (TPSA) is 67.4 Å². The predicted molar refractivity (Wildman–Crippen MR) is 71.2 cm³/mol. The number of piperidine rings is 1. The number of nitrogens with zero attached hydrogens (tertiary/aromatic N) is 3. The fraction of sp³-hybridized carbons (Fsp3) is 0.615. The second-order valence-electron chi connectivity index (χ2n) is 5.16. The van der Waals surface area contributed by atoms with E-state index in [0.29, 0.717) is 0 Å². The molecule has 1 aromatic rings. The molecule has 0 atom stereocenters. The summed E-state index contributed by atoms with van der Waals surface area (Å²) in [6.45, 7) is 1.37.